The first kappa shape index (κ1) is 14.4. The van der Waals surface area contributed by atoms with Gasteiger partial charge in [-0.25, -0.2) is 4.98 Å². The van der Waals surface area contributed by atoms with Crippen molar-refractivity contribution < 1.29 is 4.79 Å². The van der Waals surface area contributed by atoms with Crippen molar-refractivity contribution in [3.05, 3.63) is 42.9 Å². The Kier molecular flexibility index (Phi) is 3.19. The summed E-state index contributed by atoms with van der Waals surface area (Å²) in [6.45, 7) is 2.50. The Labute approximate surface area is 144 Å². The van der Waals surface area contributed by atoms with Crippen LogP contribution in [0.5, 0.6) is 0 Å². The van der Waals surface area contributed by atoms with Gasteiger partial charge >= 0.3 is 0 Å². The normalized spacial score (nSPS) is 18.2. The van der Waals surface area contributed by atoms with Crippen molar-refractivity contribution in [2.45, 2.75) is 18.9 Å². The van der Waals surface area contributed by atoms with E-state index in [1.807, 2.05) is 46.2 Å². The van der Waals surface area contributed by atoms with E-state index in [9.17, 15) is 4.79 Å². The Balaban J connectivity index is 1.29. The van der Waals surface area contributed by atoms with Crippen LogP contribution in [0.15, 0.2) is 42.9 Å². The maximum Gasteiger partial charge on any atom is 0.227 e. The van der Waals surface area contributed by atoms with Gasteiger partial charge < -0.3 is 9.80 Å². The number of rotatable bonds is 3. The zero-order valence-electron chi connectivity index (χ0n) is 13.7. The van der Waals surface area contributed by atoms with Crippen LogP contribution in [0.3, 0.4) is 0 Å². The first-order valence-corrected chi connectivity index (χ1v) is 8.59. The van der Waals surface area contributed by atoms with Crippen LogP contribution in [0.4, 0.5) is 11.5 Å². The Hall–Kier alpha value is -2.96. The average molecular weight is 334 g/mol. The van der Waals surface area contributed by atoms with Crippen LogP contribution >= 0.6 is 0 Å². The molecule has 2 aliphatic rings. The number of anilines is 2. The summed E-state index contributed by atoms with van der Waals surface area (Å²) < 4.78 is 1.96. The molecule has 1 aromatic carbocycles. The lowest BCUT2D eigenvalue weighted by molar-refractivity contribution is -0.117. The second-order valence-corrected chi connectivity index (χ2v) is 6.60. The minimum Gasteiger partial charge on any atom is -0.351 e. The van der Waals surface area contributed by atoms with Gasteiger partial charge in [0.05, 0.1) is 35.2 Å². The average Bonchev–Trinajstić information content (AvgIpc) is 3.22. The molecule has 126 valence electrons. The van der Waals surface area contributed by atoms with E-state index >= 15 is 0 Å². The molecule has 2 aromatic heterocycles. The molecular weight excluding hydrogens is 316 g/mol. The van der Waals surface area contributed by atoms with Crippen LogP contribution in [-0.2, 0) is 4.79 Å². The van der Waals surface area contributed by atoms with Crippen LogP contribution in [-0.4, -0.2) is 45.3 Å². The fourth-order valence-corrected chi connectivity index (χ4v) is 3.50. The van der Waals surface area contributed by atoms with E-state index in [2.05, 4.69) is 20.0 Å². The molecule has 4 heterocycles. The van der Waals surface area contributed by atoms with Gasteiger partial charge in [0.2, 0.25) is 5.91 Å². The molecule has 2 saturated heterocycles. The van der Waals surface area contributed by atoms with Crippen molar-refractivity contribution in [2.24, 2.45) is 0 Å². The minimum atomic E-state index is 0.196. The van der Waals surface area contributed by atoms with Gasteiger partial charge in [0.1, 0.15) is 5.82 Å². The predicted octanol–water partition coefficient (Wildman–Crippen LogP) is 2.01. The standard InChI is InChI=1S/C18H18N6O/c25-18-6-3-7-23(18)13-8-20-24(12-13)14-10-22(11-14)17-9-19-15-4-1-2-5-16(15)21-17/h1-2,4-5,8-9,12,14H,3,6-7,10-11H2. The zero-order chi connectivity index (χ0) is 16.8. The van der Waals surface area contributed by atoms with Gasteiger partial charge in [0.25, 0.3) is 0 Å². The SMILES string of the molecule is O=C1CCCN1c1cnn(C2CN(c3cnc4ccccc4n3)C2)c1. The third kappa shape index (κ3) is 2.43. The van der Waals surface area contributed by atoms with Crippen LogP contribution in [0.2, 0.25) is 0 Å². The molecule has 25 heavy (non-hydrogen) atoms. The first-order valence-electron chi connectivity index (χ1n) is 8.59. The van der Waals surface area contributed by atoms with Gasteiger partial charge in [-0.05, 0) is 18.6 Å². The van der Waals surface area contributed by atoms with Crippen molar-refractivity contribution in [1.82, 2.24) is 19.7 Å². The molecule has 2 aliphatic heterocycles. The molecule has 0 atom stereocenters. The maximum atomic E-state index is 11.8. The summed E-state index contributed by atoms with van der Waals surface area (Å²) in [5.41, 5.74) is 2.74. The second-order valence-electron chi connectivity index (χ2n) is 6.60. The second kappa shape index (κ2) is 5.54. The Bertz CT molecular complexity index is 945. The van der Waals surface area contributed by atoms with Gasteiger partial charge in [-0.1, -0.05) is 12.1 Å². The van der Waals surface area contributed by atoms with E-state index in [1.165, 1.54) is 0 Å². The number of carbonyl (C=O) groups excluding carboxylic acids is 1. The molecule has 2 fully saturated rings. The van der Waals surface area contributed by atoms with E-state index in [-0.39, 0.29) is 5.91 Å². The zero-order valence-corrected chi connectivity index (χ0v) is 13.7. The molecule has 0 unspecified atom stereocenters. The third-order valence-corrected chi connectivity index (χ3v) is 4.97. The highest BCUT2D eigenvalue weighted by Gasteiger charge is 2.31. The molecule has 0 N–H and O–H groups in total. The summed E-state index contributed by atoms with van der Waals surface area (Å²) in [7, 11) is 0. The smallest absolute Gasteiger partial charge is 0.227 e. The van der Waals surface area contributed by atoms with Crippen molar-refractivity contribution in [3.8, 4) is 0 Å². The highest BCUT2D eigenvalue weighted by molar-refractivity contribution is 5.95. The van der Waals surface area contributed by atoms with Crippen molar-refractivity contribution >= 4 is 28.4 Å². The molecule has 0 aliphatic carbocycles. The number of benzene rings is 1. The lowest BCUT2D eigenvalue weighted by Crippen LogP contribution is -2.48. The number of carbonyl (C=O) groups is 1. The van der Waals surface area contributed by atoms with Gasteiger partial charge in [0.15, 0.2) is 0 Å². The van der Waals surface area contributed by atoms with E-state index in [1.54, 1.807) is 6.20 Å². The first-order chi connectivity index (χ1) is 12.3. The maximum absolute atomic E-state index is 11.8. The summed E-state index contributed by atoms with van der Waals surface area (Å²) in [5.74, 6) is 1.10. The molecule has 0 spiro atoms. The number of aromatic nitrogens is 4. The summed E-state index contributed by atoms with van der Waals surface area (Å²) >= 11 is 0. The van der Waals surface area contributed by atoms with Gasteiger partial charge in [-0.15, -0.1) is 0 Å². The fraction of sp³-hybridized carbons (Fsp3) is 0.333. The van der Waals surface area contributed by atoms with Crippen molar-refractivity contribution in [2.75, 3.05) is 29.4 Å². The van der Waals surface area contributed by atoms with Crippen LogP contribution in [0.1, 0.15) is 18.9 Å². The van der Waals surface area contributed by atoms with Gasteiger partial charge in [0, 0.05) is 32.3 Å². The lowest BCUT2D eigenvalue weighted by Gasteiger charge is -2.39. The van der Waals surface area contributed by atoms with Crippen molar-refractivity contribution in [3.63, 3.8) is 0 Å². The molecule has 1 amide bonds. The van der Waals surface area contributed by atoms with E-state index in [0.717, 1.165) is 48.6 Å². The van der Waals surface area contributed by atoms with E-state index < -0.39 is 0 Å². The Morgan fingerprint density at radius 3 is 2.72 bits per heavy atom. The minimum absolute atomic E-state index is 0.196. The van der Waals surface area contributed by atoms with E-state index in [0.29, 0.717) is 12.5 Å². The molecule has 0 radical (unpaired) electrons. The molecular formula is C18H18N6O. The monoisotopic (exact) mass is 334 g/mol. The van der Waals surface area contributed by atoms with Crippen LogP contribution < -0.4 is 9.80 Å². The molecule has 5 rings (SSSR count). The fourth-order valence-electron chi connectivity index (χ4n) is 3.50. The predicted molar refractivity (Wildman–Crippen MR) is 94.6 cm³/mol. The Morgan fingerprint density at radius 2 is 1.92 bits per heavy atom. The number of para-hydroxylation sites is 2. The molecule has 0 saturated carbocycles. The summed E-state index contributed by atoms with van der Waals surface area (Å²) in [5, 5.41) is 4.46. The topological polar surface area (TPSA) is 67.2 Å². The van der Waals surface area contributed by atoms with Crippen molar-refractivity contribution in [1.29, 1.82) is 0 Å². The number of hydrogen-bond donors (Lipinski definition) is 0. The molecule has 7 nitrogen and oxygen atoms in total. The largest absolute Gasteiger partial charge is 0.351 e. The summed E-state index contributed by atoms with van der Waals surface area (Å²) in [6, 6.07) is 8.20. The molecule has 7 heteroatoms. The quantitative estimate of drug-likeness (QED) is 0.733. The third-order valence-electron chi connectivity index (χ3n) is 4.97. The van der Waals surface area contributed by atoms with Gasteiger partial charge in [-0.2, -0.15) is 5.10 Å². The highest BCUT2D eigenvalue weighted by Crippen LogP contribution is 2.28. The summed E-state index contributed by atoms with van der Waals surface area (Å²) in [6.07, 6.45) is 7.18. The Morgan fingerprint density at radius 1 is 1.08 bits per heavy atom. The van der Waals surface area contributed by atoms with Gasteiger partial charge in [-0.3, -0.25) is 14.5 Å². The molecule has 0 bridgehead atoms. The summed E-state index contributed by atoms with van der Waals surface area (Å²) in [4.78, 5) is 25.0. The molecule has 3 aromatic rings. The highest BCUT2D eigenvalue weighted by atomic mass is 16.2. The lowest BCUT2D eigenvalue weighted by atomic mass is 10.1. The number of fused-ring (bicyclic) bond motifs is 1. The van der Waals surface area contributed by atoms with Crippen LogP contribution in [0, 0.1) is 0 Å². The number of hydrogen-bond acceptors (Lipinski definition) is 5. The number of nitrogens with zero attached hydrogens (tertiary/aromatic N) is 6. The van der Waals surface area contributed by atoms with E-state index in [4.69, 9.17) is 0 Å². The number of amides is 1. The van der Waals surface area contributed by atoms with Crippen LogP contribution in [0.25, 0.3) is 11.0 Å².